The first-order chi connectivity index (χ1) is 6.80. The van der Waals surface area contributed by atoms with E-state index in [0.717, 1.165) is 0 Å². The maximum atomic E-state index is 11.9. The lowest BCUT2D eigenvalue weighted by Gasteiger charge is -2.26. The highest BCUT2D eigenvalue weighted by atomic mass is 16.1. The van der Waals surface area contributed by atoms with E-state index in [4.69, 9.17) is 0 Å². The summed E-state index contributed by atoms with van der Waals surface area (Å²) in [6, 6.07) is 0. The average molecular weight is 208 g/mol. The van der Waals surface area contributed by atoms with Crippen LogP contribution in [0.25, 0.3) is 0 Å². The maximum absolute atomic E-state index is 11.9. The molecule has 0 aliphatic rings. The fourth-order valence-electron chi connectivity index (χ4n) is 1.27. The first kappa shape index (κ1) is 12.0. The smallest absolute Gasteiger partial charge is 0.166 e. The lowest BCUT2D eigenvalue weighted by Crippen LogP contribution is -2.20. The van der Waals surface area contributed by atoms with Gasteiger partial charge in [0.25, 0.3) is 0 Å². The molecule has 0 saturated carbocycles. The van der Waals surface area contributed by atoms with Gasteiger partial charge in [0.15, 0.2) is 5.78 Å². The van der Waals surface area contributed by atoms with Crippen molar-refractivity contribution >= 4 is 5.78 Å². The van der Waals surface area contributed by atoms with Crippen molar-refractivity contribution in [1.29, 1.82) is 0 Å². The molecule has 3 heteroatoms. The Morgan fingerprint density at radius 1 is 1.53 bits per heavy atom. The van der Waals surface area contributed by atoms with Gasteiger partial charge in [-0.3, -0.25) is 9.48 Å². The third-order valence-corrected chi connectivity index (χ3v) is 3.00. The molecule has 0 bridgehead atoms. The topological polar surface area (TPSA) is 34.9 Å². The highest BCUT2D eigenvalue weighted by Crippen LogP contribution is 2.28. The molecule has 0 N–H and O–H groups in total. The van der Waals surface area contributed by atoms with E-state index < -0.39 is 0 Å². The van der Waals surface area contributed by atoms with E-state index in [1.54, 1.807) is 17.1 Å². The van der Waals surface area contributed by atoms with Crippen LogP contribution in [-0.4, -0.2) is 15.6 Å². The number of nitrogens with zero attached hydrogens (tertiary/aromatic N) is 2. The predicted octanol–water partition coefficient (Wildman–Crippen LogP) is 2.68. The van der Waals surface area contributed by atoms with Crippen LogP contribution in [0.2, 0.25) is 0 Å². The predicted molar refractivity (Wildman–Crippen MR) is 60.8 cm³/mol. The molecule has 0 aromatic carbocycles. The number of hydrogen-bond donors (Lipinski definition) is 0. The summed E-state index contributed by atoms with van der Waals surface area (Å²) < 4.78 is 1.66. The van der Waals surface area contributed by atoms with Crippen LogP contribution in [0.1, 0.15) is 44.5 Å². The van der Waals surface area contributed by atoms with Gasteiger partial charge >= 0.3 is 0 Å². The number of aromatic nitrogens is 2. The highest BCUT2D eigenvalue weighted by molar-refractivity contribution is 5.95. The molecule has 1 rings (SSSR count). The van der Waals surface area contributed by atoms with E-state index in [9.17, 15) is 4.79 Å². The van der Waals surface area contributed by atoms with Gasteiger partial charge in [-0.2, -0.15) is 5.10 Å². The van der Waals surface area contributed by atoms with E-state index in [0.29, 0.717) is 17.9 Å². The molecule has 0 aliphatic carbocycles. The summed E-state index contributed by atoms with van der Waals surface area (Å²) in [7, 11) is 1.82. The van der Waals surface area contributed by atoms with Crippen LogP contribution in [0, 0.1) is 11.3 Å². The molecule has 1 aromatic rings. The first-order valence-electron chi connectivity index (χ1n) is 5.32. The van der Waals surface area contributed by atoms with E-state index in [1.165, 1.54) is 0 Å². The van der Waals surface area contributed by atoms with Crippen LogP contribution in [0.4, 0.5) is 0 Å². The van der Waals surface area contributed by atoms with Gasteiger partial charge in [-0.25, -0.2) is 0 Å². The van der Waals surface area contributed by atoms with Crippen molar-refractivity contribution in [2.75, 3.05) is 0 Å². The number of Topliss-reactive ketones (excluding diaryl/α,β-unsaturated/α-hetero) is 1. The van der Waals surface area contributed by atoms with Crippen molar-refractivity contribution in [2.24, 2.45) is 18.4 Å². The van der Waals surface area contributed by atoms with Gasteiger partial charge in [0, 0.05) is 19.7 Å². The van der Waals surface area contributed by atoms with Gasteiger partial charge in [-0.1, -0.05) is 27.7 Å². The van der Waals surface area contributed by atoms with Gasteiger partial charge in [-0.05, 0) is 11.3 Å². The van der Waals surface area contributed by atoms with Crippen molar-refractivity contribution < 1.29 is 4.79 Å². The van der Waals surface area contributed by atoms with Crippen LogP contribution >= 0.6 is 0 Å². The zero-order valence-electron chi connectivity index (χ0n) is 10.2. The van der Waals surface area contributed by atoms with E-state index in [-0.39, 0.29) is 11.2 Å². The van der Waals surface area contributed by atoms with Crippen molar-refractivity contribution in [2.45, 2.75) is 34.1 Å². The lowest BCUT2D eigenvalue weighted by molar-refractivity contribution is 0.0927. The second kappa shape index (κ2) is 4.17. The molecule has 0 amide bonds. The molecule has 0 radical (unpaired) electrons. The monoisotopic (exact) mass is 208 g/mol. The minimum atomic E-state index is 0.178. The summed E-state index contributed by atoms with van der Waals surface area (Å²) in [6.07, 6.45) is 4.00. The minimum absolute atomic E-state index is 0.178. The van der Waals surface area contributed by atoms with Crippen LogP contribution < -0.4 is 0 Å². The first-order valence-corrected chi connectivity index (χ1v) is 5.32. The Morgan fingerprint density at radius 3 is 2.53 bits per heavy atom. The number of aryl methyl sites for hydroxylation is 1. The zero-order valence-corrected chi connectivity index (χ0v) is 10.2. The van der Waals surface area contributed by atoms with Crippen molar-refractivity contribution in [1.82, 2.24) is 9.78 Å². The molecule has 3 nitrogen and oxygen atoms in total. The standard InChI is InChI=1S/C12H20N2O/c1-9(12(2,3)4)6-11(15)10-7-13-14(5)8-10/h7-9H,6H2,1-5H3. The Kier molecular flexibility index (Phi) is 3.32. The summed E-state index contributed by atoms with van der Waals surface area (Å²) in [5.74, 6) is 0.565. The lowest BCUT2D eigenvalue weighted by atomic mass is 9.79. The average Bonchev–Trinajstić information content (AvgIpc) is 2.50. The number of ketones is 1. The van der Waals surface area contributed by atoms with Gasteiger partial charge in [0.2, 0.25) is 0 Å². The van der Waals surface area contributed by atoms with Crippen LogP contribution in [0.3, 0.4) is 0 Å². The highest BCUT2D eigenvalue weighted by Gasteiger charge is 2.23. The largest absolute Gasteiger partial charge is 0.294 e. The molecule has 1 heterocycles. The molecular weight excluding hydrogens is 188 g/mol. The normalized spacial score (nSPS) is 13.9. The Labute approximate surface area is 91.5 Å². The molecule has 15 heavy (non-hydrogen) atoms. The number of carbonyl (C=O) groups is 1. The minimum Gasteiger partial charge on any atom is -0.294 e. The van der Waals surface area contributed by atoms with E-state index in [1.807, 2.05) is 7.05 Å². The van der Waals surface area contributed by atoms with Crippen LogP contribution in [0.5, 0.6) is 0 Å². The Morgan fingerprint density at radius 2 is 2.13 bits per heavy atom. The fraction of sp³-hybridized carbons (Fsp3) is 0.667. The quantitative estimate of drug-likeness (QED) is 0.716. The summed E-state index contributed by atoms with van der Waals surface area (Å²) in [5, 5.41) is 4.00. The molecule has 0 saturated heterocycles. The molecule has 1 atom stereocenters. The summed E-state index contributed by atoms with van der Waals surface area (Å²) in [6.45, 7) is 8.60. The third-order valence-electron chi connectivity index (χ3n) is 3.00. The van der Waals surface area contributed by atoms with Crippen molar-refractivity contribution in [3.8, 4) is 0 Å². The van der Waals surface area contributed by atoms with Gasteiger partial charge < -0.3 is 0 Å². The Hall–Kier alpha value is -1.12. The van der Waals surface area contributed by atoms with E-state index >= 15 is 0 Å². The van der Waals surface area contributed by atoms with E-state index in [2.05, 4.69) is 32.8 Å². The summed E-state index contributed by atoms with van der Waals surface area (Å²) in [5.41, 5.74) is 0.895. The van der Waals surface area contributed by atoms with Crippen LogP contribution in [-0.2, 0) is 7.05 Å². The van der Waals surface area contributed by atoms with Gasteiger partial charge in [0.1, 0.15) is 0 Å². The maximum Gasteiger partial charge on any atom is 0.166 e. The molecule has 0 spiro atoms. The molecular formula is C12H20N2O. The molecule has 84 valence electrons. The molecule has 0 aliphatic heterocycles. The SMILES string of the molecule is CC(CC(=O)c1cnn(C)c1)C(C)(C)C. The summed E-state index contributed by atoms with van der Waals surface area (Å²) >= 11 is 0. The number of carbonyl (C=O) groups excluding carboxylic acids is 1. The summed E-state index contributed by atoms with van der Waals surface area (Å²) in [4.78, 5) is 11.9. The molecule has 1 unspecified atom stereocenters. The van der Waals surface area contributed by atoms with Gasteiger partial charge in [0.05, 0.1) is 11.8 Å². The number of rotatable bonds is 3. The second-order valence-corrected chi connectivity index (χ2v) is 5.30. The number of hydrogen-bond acceptors (Lipinski definition) is 2. The van der Waals surface area contributed by atoms with Gasteiger partial charge in [-0.15, -0.1) is 0 Å². The zero-order chi connectivity index (χ0) is 11.6. The van der Waals surface area contributed by atoms with Crippen molar-refractivity contribution in [3.05, 3.63) is 18.0 Å². The Balaban J connectivity index is 2.64. The molecule has 0 fully saturated rings. The second-order valence-electron chi connectivity index (χ2n) is 5.30. The fourth-order valence-corrected chi connectivity index (χ4v) is 1.27. The molecule has 1 aromatic heterocycles. The Bertz CT molecular complexity index is 347. The van der Waals surface area contributed by atoms with Crippen LogP contribution in [0.15, 0.2) is 12.4 Å². The third kappa shape index (κ3) is 3.18. The van der Waals surface area contributed by atoms with Crippen molar-refractivity contribution in [3.63, 3.8) is 0 Å².